The van der Waals surface area contributed by atoms with E-state index in [9.17, 15) is 0 Å². The average Bonchev–Trinajstić information content (AvgIpc) is 2.64. The van der Waals surface area contributed by atoms with Gasteiger partial charge in [0.2, 0.25) is 0 Å². The molecule has 3 heteroatoms. The van der Waals surface area contributed by atoms with Crippen molar-refractivity contribution in [1.29, 1.82) is 0 Å². The lowest BCUT2D eigenvalue weighted by Crippen LogP contribution is -2.41. The molecular formula is C22H42N2O. The second kappa shape index (κ2) is 12.7. The molecule has 3 nitrogen and oxygen atoms in total. The van der Waals surface area contributed by atoms with E-state index >= 15 is 0 Å². The van der Waals surface area contributed by atoms with Gasteiger partial charge in [0, 0.05) is 6.04 Å². The highest BCUT2D eigenvalue weighted by atomic mass is 16.6. The molecular weight excluding hydrogens is 308 g/mol. The minimum atomic E-state index is 0.150. The molecule has 0 aromatic heterocycles. The van der Waals surface area contributed by atoms with E-state index < -0.39 is 0 Å². The zero-order valence-corrected chi connectivity index (χ0v) is 17.0. The molecule has 0 N–H and O–H groups in total. The van der Waals surface area contributed by atoms with Gasteiger partial charge >= 0.3 is 0 Å². The third-order valence-electron chi connectivity index (χ3n) is 6.19. The first-order chi connectivity index (χ1) is 12.3. The van der Waals surface area contributed by atoms with Crippen LogP contribution in [0.15, 0.2) is 5.16 Å². The van der Waals surface area contributed by atoms with Crippen LogP contribution in [0.5, 0.6) is 0 Å². The summed E-state index contributed by atoms with van der Waals surface area (Å²) < 4.78 is 0. The van der Waals surface area contributed by atoms with Gasteiger partial charge in [0.1, 0.15) is 0 Å². The molecule has 2 aliphatic carbocycles. The Balaban J connectivity index is 1.84. The Morgan fingerprint density at radius 2 is 1.32 bits per heavy atom. The Labute approximate surface area is 156 Å². The summed E-state index contributed by atoms with van der Waals surface area (Å²) in [7, 11) is 2.24. The van der Waals surface area contributed by atoms with Gasteiger partial charge < -0.3 is 4.84 Å². The van der Waals surface area contributed by atoms with Gasteiger partial charge in [-0.3, -0.25) is 4.90 Å². The number of hydrogen-bond donors (Lipinski definition) is 0. The number of hydrogen-bond acceptors (Lipinski definition) is 3. The first-order valence-electron chi connectivity index (χ1n) is 11.2. The highest BCUT2D eigenvalue weighted by molar-refractivity contribution is 5.83. The Kier molecular flexibility index (Phi) is 10.6. The van der Waals surface area contributed by atoms with Gasteiger partial charge in [-0.1, -0.05) is 76.3 Å². The van der Waals surface area contributed by atoms with E-state index in [0.29, 0.717) is 6.04 Å². The standard InChI is InChI=1S/C22H42N2O/c1-3-22(24(2)21-18-14-11-15-19-21)25-23-20-16-12-9-7-5-4-6-8-10-13-17-20/h21-22H,3-19H2,1-2H3. The first-order valence-corrected chi connectivity index (χ1v) is 11.2. The second-order valence-electron chi connectivity index (χ2n) is 8.27. The lowest BCUT2D eigenvalue weighted by atomic mass is 9.94. The van der Waals surface area contributed by atoms with Crippen molar-refractivity contribution in [1.82, 2.24) is 4.90 Å². The number of oxime groups is 1. The summed E-state index contributed by atoms with van der Waals surface area (Å²) in [6.45, 7) is 2.23. The van der Waals surface area contributed by atoms with Crippen LogP contribution in [-0.4, -0.2) is 29.9 Å². The van der Waals surface area contributed by atoms with Crippen LogP contribution >= 0.6 is 0 Å². The van der Waals surface area contributed by atoms with Gasteiger partial charge in [0.05, 0.1) is 5.71 Å². The molecule has 2 rings (SSSR count). The summed E-state index contributed by atoms with van der Waals surface area (Å²) in [4.78, 5) is 8.54. The zero-order valence-electron chi connectivity index (χ0n) is 17.0. The molecule has 0 aromatic carbocycles. The summed E-state index contributed by atoms with van der Waals surface area (Å²) in [5, 5.41) is 4.67. The zero-order chi connectivity index (χ0) is 17.7. The molecule has 0 saturated heterocycles. The van der Waals surface area contributed by atoms with Crippen LogP contribution in [0.3, 0.4) is 0 Å². The molecule has 25 heavy (non-hydrogen) atoms. The van der Waals surface area contributed by atoms with Crippen molar-refractivity contribution in [2.75, 3.05) is 7.05 Å². The predicted octanol–water partition coefficient (Wildman–Crippen LogP) is 6.66. The summed E-state index contributed by atoms with van der Waals surface area (Å²) >= 11 is 0. The molecule has 1 unspecified atom stereocenters. The van der Waals surface area contributed by atoms with Crippen molar-refractivity contribution < 1.29 is 4.84 Å². The molecule has 0 aliphatic heterocycles. The topological polar surface area (TPSA) is 24.8 Å². The van der Waals surface area contributed by atoms with Gasteiger partial charge in [-0.2, -0.15) is 0 Å². The summed E-state index contributed by atoms with van der Waals surface area (Å²) in [6, 6.07) is 0.690. The van der Waals surface area contributed by atoms with Crippen molar-refractivity contribution in [2.24, 2.45) is 5.16 Å². The Hall–Kier alpha value is -0.570. The maximum atomic E-state index is 6.08. The van der Waals surface area contributed by atoms with Crippen molar-refractivity contribution in [3.63, 3.8) is 0 Å². The first kappa shape index (κ1) is 20.7. The van der Waals surface area contributed by atoms with Crippen LogP contribution in [0.25, 0.3) is 0 Å². The van der Waals surface area contributed by atoms with Gasteiger partial charge in [-0.25, -0.2) is 0 Å². The molecule has 0 amide bonds. The van der Waals surface area contributed by atoms with E-state index in [1.165, 1.54) is 95.6 Å². The second-order valence-corrected chi connectivity index (χ2v) is 8.27. The molecule has 2 fully saturated rings. The van der Waals surface area contributed by atoms with Gasteiger partial charge in [0.15, 0.2) is 6.23 Å². The summed E-state index contributed by atoms with van der Waals surface area (Å²) in [6.07, 6.45) is 22.6. The average molecular weight is 351 g/mol. The minimum Gasteiger partial charge on any atom is -0.377 e. The van der Waals surface area contributed by atoms with Gasteiger partial charge in [-0.05, 0) is 52.0 Å². The molecule has 0 heterocycles. The smallest absolute Gasteiger partial charge is 0.180 e. The van der Waals surface area contributed by atoms with Crippen molar-refractivity contribution in [3.8, 4) is 0 Å². The lowest BCUT2D eigenvalue weighted by molar-refractivity contribution is -0.0723. The summed E-state index contributed by atoms with van der Waals surface area (Å²) in [5.74, 6) is 0. The minimum absolute atomic E-state index is 0.150. The maximum Gasteiger partial charge on any atom is 0.180 e. The van der Waals surface area contributed by atoms with E-state index in [1.54, 1.807) is 0 Å². The number of nitrogens with zero attached hydrogens (tertiary/aromatic N) is 2. The van der Waals surface area contributed by atoms with Crippen molar-refractivity contribution >= 4 is 5.71 Å². The maximum absolute atomic E-state index is 6.08. The molecule has 1 atom stereocenters. The number of rotatable bonds is 5. The fourth-order valence-electron chi connectivity index (χ4n) is 4.41. The van der Waals surface area contributed by atoms with E-state index in [4.69, 9.17) is 4.84 Å². The largest absolute Gasteiger partial charge is 0.377 e. The van der Waals surface area contributed by atoms with Gasteiger partial charge in [0.25, 0.3) is 0 Å². The highest BCUT2D eigenvalue weighted by Crippen LogP contribution is 2.24. The Bertz CT molecular complexity index is 349. The van der Waals surface area contributed by atoms with Crippen LogP contribution < -0.4 is 0 Å². The SMILES string of the molecule is CCC(ON=C1CCCCCCCCCCC1)N(C)C1CCCCC1. The quantitative estimate of drug-likeness (QED) is 0.409. The van der Waals surface area contributed by atoms with Gasteiger partial charge in [-0.15, -0.1) is 0 Å². The monoisotopic (exact) mass is 350 g/mol. The Morgan fingerprint density at radius 3 is 1.84 bits per heavy atom. The van der Waals surface area contributed by atoms with Crippen LogP contribution in [0.1, 0.15) is 116 Å². The van der Waals surface area contributed by atoms with Crippen LogP contribution in [0.4, 0.5) is 0 Å². The van der Waals surface area contributed by atoms with Crippen LogP contribution in [0.2, 0.25) is 0 Å². The molecule has 0 spiro atoms. The molecule has 2 saturated carbocycles. The third-order valence-corrected chi connectivity index (χ3v) is 6.19. The van der Waals surface area contributed by atoms with Crippen molar-refractivity contribution in [3.05, 3.63) is 0 Å². The van der Waals surface area contributed by atoms with E-state index in [1.807, 2.05) is 0 Å². The van der Waals surface area contributed by atoms with E-state index in [0.717, 1.165) is 19.3 Å². The highest BCUT2D eigenvalue weighted by Gasteiger charge is 2.24. The Morgan fingerprint density at radius 1 is 0.840 bits per heavy atom. The van der Waals surface area contributed by atoms with E-state index in [2.05, 4.69) is 24.0 Å². The predicted molar refractivity (Wildman–Crippen MR) is 108 cm³/mol. The molecule has 146 valence electrons. The molecule has 0 aromatic rings. The fourth-order valence-corrected chi connectivity index (χ4v) is 4.41. The van der Waals surface area contributed by atoms with Crippen molar-refractivity contribution in [2.45, 2.75) is 128 Å². The molecule has 0 radical (unpaired) electrons. The van der Waals surface area contributed by atoms with Crippen LogP contribution in [-0.2, 0) is 4.84 Å². The lowest BCUT2D eigenvalue weighted by Gasteiger charge is -2.35. The summed E-state index contributed by atoms with van der Waals surface area (Å²) in [5.41, 5.74) is 1.32. The fraction of sp³-hybridized carbons (Fsp3) is 0.955. The molecule has 0 bridgehead atoms. The van der Waals surface area contributed by atoms with Crippen LogP contribution in [0, 0.1) is 0 Å². The molecule has 2 aliphatic rings. The third kappa shape index (κ3) is 8.11. The van der Waals surface area contributed by atoms with E-state index in [-0.39, 0.29) is 6.23 Å². The normalized spacial score (nSPS) is 23.6.